The number of aromatic amines is 1. The Morgan fingerprint density at radius 1 is 1.09 bits per heavy atom. The normalized spacial score (nSPS) is 16.2. The van der Waals surface area contributed by atoms with Gasteiger partial charge in [0.15, 0.2) is 5.65 Å². The number of rotatable bonds is 3. The predicted molar refractivity (Wildman–Crippen MR) is 133 cm³/mol. The summed E-state index contributed by atoms with van der Waals surface area (Å²) in [6.45, 7) is 6.31. The van der Waals surface area contributed by atoms with E-state index in [2.05, 4.69) is 40.8 Å². The standard InChI is InChI=1S/C25H25BrN6O2/c1-25(2,3)34-24(33)32-10-4-5-21(32)23-29-14-20(31-23)16-8-6-15(7-9-16)19-13-27-18-11-17(26)12-28-22(18)30-19/h6-9,11-14,21H,4-5,10H2,1-3H3,(H,29,31)/t21-/m0/s1. The monoisotopic (exact) mass is 520 g/mol. The minimum atomic E-state index is -0.525. The Kier molecular flexibility index (Phi) is 5.81. The van der Waals surface area contributed by atoms with Crippen LogP contribution in [-0.2, 0) is 4.74 Å². The summed E-state index contributed by atoms with van der Waals surface area (Å²) in [6.07, 6.45) is 6.77. The summed E-state index contributed by atoms with van der Waals surface area (Å²) in [4.78, 5) is 35.8. The van der Waals surface area contributed by atoms with Crippen molar-refractivity contribution >= 4 is 33.2 Å². The summed E-state index contributed by atoms with van der Waals surface area (Å²) in [6, 6.07) is 9.84. The molecule has 1 atom stereocenters. The molecule has 1 N–H and O–H groups in total. The Balaban J connectivity index is 1.34. The SMILES string of the molecule is CC(C)(C)OC(=O)N1CCC[C@H]1c1ncc(-c2ccc(-c3cnc4cc(Br)cnc4n3)cc2)[nH]1. The largest absolute Gasteiger partial charge is 0.444 e. The molecule has 1 amide bonds. The van der Waals surface area contributed by atoms with Crippen molar-refractivity contribution in [1.29, 1.82) is 0 Å². The van der Waals surface area contributed by atoms with E-state index in [1.807, 2.05) is 57.3 Å². The van der Waals surface area contributed by atoms with Crippen molar-refractivity contribution in [2.24, 2.45) is 0 Å². The molecule has 0 bridgehead atoms. The number of hydrogen-bond acceptors (Lipinski definition) is 6. The topological polar surface area (TPSA) is 96.9 Å². The average molecular weight is 521 g/mol. The number of halogens is 1. The molecule has 1 aliphatic heterocycles. The number of amides is 1. The van der Waals surface area contributed by atoms with Crippen molar-refractivity contribution in [1.82, 2.24) is 29.8 Å². The van der Waals surface area contributed by atoms with E-state index in [1.54, 1.807) is 17.3 Å². The predicted octanol–water partition coefficient (Wildman–Crippen LogP) is 5.92. The first-order valence-electron chi connectivity index (χ1n) is 11.2. The summed E-state index contributed by atoms with van der Waals surface area (Å²) in [7, 11) is 0. The van der Waals surface area contributed by atoms with Crippen molar-refractivity contribution in [2.45, 2.75) is 45.3 Å². The molecule has 1 aromatic carbocycles. The van der Waals surface area contributed by atoms with Crippen LogP contribution in [0.25, 0.3) is 33.7 Å². The minimum absolute atomic E-state index is 0.108. The van der Waals surface area contributed by atoms with Crippen LogP contribution in [0.2, 0.25) is 0 Å². The van der Waals surface area contributed by atoms with E-state index in [9.17, 15) is 4.79 Å². The van der Waals surface area contributed by atoms with Gasteiger partial charge in [-0.25, -0.2) is 19.7 Å². The van der Waals surface area contributed by atoms with Gasteiger partial charge >= 0.3 is 6.09 Å². The molecule has 0 radical (unpaired) electrons. The van der Waals surface area contributed by atoms with E-state index in [4.69, 9.17) is 4.74 Å². The third kappa shape index (κ3) is 4.65. The zero-order valence-corrected chi connectivity index (χ0v) is 20.8. The van der Waals surface area contributed by atoms with Gasteiger partial charge in [-0.05, 0) is 61.2 Å². The van der Waals surface area contributed by atoms with E-state index in [0.717, 1.165) is 51.2 Å². The maximum atomic E-state index is 12.6. The van der Waals surface area contributed by atoms with Crippen LogP contribution in [0.1, 0.15) is 45.5 Å². The van der Waals surface area contributed by atoms with Crippen LogP contribution in [0, 0.1) is 0 Å². The average Bonchev–Trinajstić information content (AvgIpc) is 3.47. The van der Waals surface area contributed by atoms with E-state index in [1.165, 1.54) is 0 Å². The highest BCUT2D eigenvalue weighted by Crippen LogP contribution is 2.33. The van der Waals surface area contributed by atoms with Crippen LogP contribution in [0.4, 0.5) is 4.79 Å². The molecule has 174 valence electrons. The molecule has 4 aromatic rings. The van der Waals surface area contributed by atoms with E-state index < -0.39 is 5.60 Å². The Labute approximate surface area is 205 Å². The van der Waals surface area contributed by atoms with Crippen LogP contribution in [0.15, 0.2) is 53.4 Å². The zero-order chi connectivity index (χ0) is 23.9. The molecule has 34 heavy (non-hydrogen) atoms. The van der Waals surface area contributed by atoms with E-state index >= 15 is 0 Å². The zero-order valence-electron chi connectivity index (χ0n) is 19.2. The number of carbonyl (C=O) groups is 1. The fraction of sp³-hybridized carbons (Fsp3) is 0.320. The van der Waals surface area contributed by atoms with Gasteiger partial charge in [-0.2, -0.15) is 0 Å². The number of H-pyrrole nitrogens is 1. The molecule has 4 heterocycles. The second-order valence-corrected chi connectivity index (χ2v) is 10.3. The Hall–Kier alpha value is -3.33. The lowest BCUT2D eigenvalue weighted by Crippen LogP contribution is -2.36. The fourth-order valence-electron chi connectivity index (χ4n) is 4.08. The van der Waals surface area contributed by atoms with E-state index in [-0.39, 0.29) is 12.1 Å². The number of imidazole rings is 1. The number of nitrogens with one attached hydrogen (secondary N) is 1. The molecule has 0 saturated carbocycles. The smallest absolute Gasteiger partial charge is 0.410 e. The molecule has 0 unspecified atom stereocenters. The van der Waals surface area contributed by atoms with Gasteiger partial charge in [-0.1, -0.05) is 24.3 Å². The van der Waals surface area contributed by atoms with Gasteiger partial charge in [-0.15, -0.1) is 0 Å². The minimum Gasteiger partial charge on any atom is -0.444 e. The van der Waals surface area contributed by atoms with Gasteiger partial charge in [0.1, 0.15) is 16.9 Å². The van der Waals surface area contributed by atoms with Crippen LogP contribution in [-0.4, -0.2) is 48.1 Å². The highest BCUT2D eigenvalue weighted by Gasteiger charge is 2.34. The first-order chi connectivity index (χ1) is 16.3. The second-order valence-electron chi connectivity index (χ2n) is 9.34. The summed E-state index contributed by atoms with van der Waals surface area (Å²) in [5.41, 5.74) is 4.44. The number of pyridine rings is 1. The van der Waals surface area contributed by atoms with E-state index in [0.29, 0.717) is 12.2 Å². The molecule has 9 heteroatoms. The lowest BCUT2D eigenvalue weighted by Gasteiger charge is -2.27. The Morgan fingerprint density at radius 2 is 1.85 bits per heavy atom. The van der Waals surface area contributed by atoms with Gasteiger partial charge in [0, 0.05) is 22.8 Å². The quantitative estimate of drug-likeness (QED) is 0.360. The number of aromatic nitrogens is 5. The molecule has 8 nitrogen and oxygen atoms in total. The number of nitrogens with zero attached hydrogens (tertiary/aromatic N) is 5. The highest BCUT2D eigenvalue weighted by atomic mass is 79.9. The van der Waals surface area contributed by atoms with Gasteiger partial charge in [0.05, 0.1) is 29.8 Å². The summed E-state index contributed by atoms with van der Waals surface area (Å²) in [5, 5.41) is 0. The van der Waals surface area contributed by atoms with Gasteiger partial charge in [0.2, 0.25) is 0 Å². The molecule has 3 aromatic heterocycles. The molecule has 0 aliphatic carbocycles. The Bertz CT molecular complexity index is 1350. The number of carbonyl (C=O) groups excluding carboxylic acids is 1. The first kappa shape index (κ1) is 22.5. The third-order valence-electron chi connectivity index (χ3n) is 5.65. The molecule has 0 spiro atoms. The third-order valence-corrected chi connectivity index (χ3v) is 6.08. The van der Waals surface area contributed by atoms with Crippen LogP contribution < -0.4 is 0 Å². The summed E-state index contributed by atoms with van der Waals surface area (Å²) in [5.74, 6) is 0.778. The van der Waals surface area contributed by atoms with Crippen LogP contribution >= 0.6 is 15.9 Å². The van der Waals surface area contributed by atoms with Crippen molar-refractivity contribution in [3.05, 3.63) is 59.2 Å². The molecule has 1 aliphatic rings. The van der Waals surface area contributed by atoms with Crippen molar-refractivity contribution < 1.29 is 9.53 Å². The summed E-state index contributed by atoms with van der Waals surface area (Å²) < 4.78 is 6.45. The number of fused-ring (bicyclic) bond motifs is 1. The summed E-state index contributed by atoms with van der Waals surface area (Å²) >= 11 is 3.41. The molecular weight excluding hydrogens is 496 g/mol. The lowest BCUT2D eigenvalue weighted by atomic mass is 10.1. The van der Waals surface area contributed by atoms with Crippen LogP contribution in [0.5, 0.6) is 0 Å². The maximum absolute atomic E-state index is 12.6. The van der Waals surface area contributed by atoms with Crippen molar-refractivity contribution in [2.75, 3.05) is 6.54 Å². The lowest BCUT2D eigenvalue weighted by molar-refractivity contribution is 0.0218. The number of hydrogen-bond donors (Lipinski definition) is 1. The second kappa shape index (κ2) is 8.79. The number of benzene rings is 1. The van der Waals surface area contributed by atoms with Crippen molar-refractivity contribution in [3.63, 3.8) is 0 Å². The molecule has 5 rings (SSSR count). The fourth-order valence-corrected chi connectivity index (χ4v) is 4.40. The number of ether oxygens (including phenoxy) is 1. The van der Waals surface area contributed by atoms with Gasteiger partial charge in [-0.3, -0.25) is 9.88 Å². The van der Waals surface area contributed by atoms with Crippen molar-refractivity contribution in [3.8, 4) is 22.5 Å². The maximum Gasteiger partial charge on any atom is 0.410 e. The van der Waals surface area contributed by atoms with Gasteiger partial charge < -0.3 is 9.72 Å². The Morgan fingerprint density at radius 3 is 2.62 bits per heavy atom. The molecule has 1 fully saturated rings. The molecular formula is C25H25BrN6O2. The number of likely N-dealkylation sites (tertiary alicyclic amines) is 1. The van der Waals surface area contributed by atoms with Gasteiger partial charge in [0.25, 0.3) is 0 Å². The van der Waals surface area contributed by atoms with Crippen LogP contribution in [0.3, 0.4) is 0 Å². The molecule has 1 saturated heterocycles. The first-order valence-corrected chi connectivity index (χ1v) is 12.0. The highest BCUT2D eigenvalue weighted by molar-refractivity contribution is 9.10.